The highest BCUT2D eigenvalue weighted by Gasteiger charge is 2.22. The average molecular weight is 586 g/mol. The molecule has 1 aliphatic carbocycles. The summed E-state index contributed by atoms with van der Waals surface area (Å²) in [6.45, 7) is 1.58. The highest BCUT2D eigenvalue weighted by Crippen LogP contribution is 2.30. The molecule has 1 aliphatic rings. The zero-order chi connectivity index (χ0) is 38.1. The van der Waals surface area contributed by atoms with Crippen molar-refractivity contribution in [1.82, 2.24) is 9.29 Å². The molecule has 0 saturated heterocycles. The van der Waals surface area contributed by atoms with E-state index in [0.717, 1.165) is 0 Å². The van der Waals surface area contributed by atoms with Crippen LogP contribution in [0.4, 0.5) is 10.5 Å². The van der Waals surface area contributed by atoms with Gasteiger partial charge in [-0.15, -0.1) is 0 Å². The summed E-state index contributed by atoms with van der Waals surface area (Å²) in [6, 6.07) is 14.2. The van der Waals surface area contributed by atoms with Crippen LogP contribution in [0.5, 0.6) is 5.75 Å². The number of rotatable bonds is 8. The maximum absolute atomic E-state index is 13.0. The summed E-state index contributed by atoms with van der Waals surface area (Å²) in [6.07, 6.45) is -17.9. The minimum absolute atomic E-state index is 0.00901. The summed E-state index contributed by atoms with van der Waals surface area (Å²) < 4.78 is 122. The number of carbonyl (C=O) groups excluding carboxylic acids is 2. The smallest absolute Gasteiger partial charge is 0.411 e. The van der Waals surface area contributed by atoms with Gasteiger partial charge >= 0.3 is 6.09 Å². The van der Waals surface area contributed by atoms with E-state index in [1.165, 1.54) is 61.8 Å². The zero-order valence-corrected chi connectivity index (χ0v) is 23.0. The maximum atomic E-state index is 13.0. The van der Waals surface area contributed by atoms with Gasteiger partial charge in [-0.25, -0.2) is 17.9 Å². The Morgan fingerprint density at radius 2 is 1.83 bits per heavy atom. The second kappa shape index (κ2) is 11.7. The number of nitrogens with one attached hydrogen (secondary N) is 2. The fourth-order valence-electron chi connectivity index (χ4n) is 4.30. The number of hydrogen-bond donors (Lipinski definition) is 2. The van der Waals surface area contributed by atoms with Crippen LogP contribution in [0.1, 0.15) is 66.2 Å². The highest BCUT2D eigenvalue weighted by atomic mass is 32.2. The van der Waals surface area contributed by atoms with Gasteiger partial charge in [0.05, 0.1) is 12.0 Å². The van der Waals surface area contributed by atoms with Crippen LogP contribution in [-0.4, -0.2) is 38.2 Å². The van der Waals surface area contributed by atoms with Crippen molar-refractivity contribution in [3.8, 4) is 5.75 Å². The number of methoxy groups -OCH3 is 1. The fourth-order valence-corrected chi connectivity index (χ4v) is 5.52. The lowest BCUT2D eigenvalue weighted by Gasteiger charge is -2.13. The number of nitrogens with zero attached hydrogens (tertiary/aromatic N) is 1. The SMILES string of the molecule is [2H]C([2H])(c1ccc(C(=O)NS(=O)(=O)c2ccccc2C)cc1OC)c1cn(C)c2ccc(NC(=O)OC3C([2H])([2H])C([2H])([2H])C([2H])([2H])C3([2H])[2H])cc12. The summed E-state index contributed by atoms with van der Waals surface area (Å²) >= 11 is 0. The molecule has 0 unspecified atom stereocenters. The number of fused-ring (bicyclic) bond motifs is 1. The average Bonchev–Trinajstić information content (AvgIpc) is 3.41. The fraction of sp³-hybridized carbons (Fsp3) is 0.290. The van der Waals surface area contributed by atoms with Crippen LogP contribution in [0.3, 0.4) is 0 Å². The predicted octanol–water partition coefficient (Wildman–Crippen LogP) is 5.70. The molecule has 41 heavy (non-hydrogen) atoms. The molecule has 1 saturated carbocycles. The highest BCUT2D eigenvalue weighted by molar-refractivity contribution is 7.90. The Bertz CT molecular complexity index is 2150. The van der Waals surface area contributed by atoms with E-state index in [2.05, 4.69) is 5.32 Å². The maximum Gasteiger partial charge on any atom is 0.411 e. The van der Waals surface area contributed by atoms with E-state index >= 15 is 0 Å². The number of hydrogen-bond acceptors (Lipinski definition) is 6. The van der Waals surface area contributed by atoms with Gasteiger partial charge in [-0.3, -0.25) is 10.1 Å². The third-order valence-corrected chi connectivity index (χ3v) is 7.76. The van der Waals surface area contributed by atoms with Gasteiger partial charge in [-0.05, 0) is 85.5 Å². The largest absolute Gasteiger partial charge is 0.496 e. The van der Waals surface area contributed by atoms with E-state index in [4.69, 9.17) is 23.2 Å². The van der Waals surface area contributed by atoms with Gasteiger partial charge in [0.2, 0.25) is 0 Å². The molecule has 0 radical (unpaired) electrons. The molecule has 10 heteroatoms. The molecule has 0 atom stereocenters. The topological polar surface area (TPSA) is 116 Å². The van der Waals surface area contributed by atoms with E-state index < -0.39 is 60.0 Å². The minimum Gasteiger partial charge on any atom is -0.496 e. The molecule has 3 aromatic carbocycles. The Balaban J connectivity index is 1.43. The van der Waals surface area contributed by atoms with E-state index in [1.807, 2.05) is 4.72 Å². The van der Waals surface area contributed by atoms with Crippen LogP contribution in [0.15, 0.2) is 71.8 Å². The summed E-state index contributed by atoms with van der Waals surface area (Å²) in [7, 11) is -1.33. The van der Waals surface area contributed by atoms with Crippen molar-refractivity contribution in [2.45, 2.75) is 49.8 Å². The van der Waals surface area contributed by atoms with Gasteiger partial charge in [0.15, 0.2) is 0 Å². The number of benzene rings is 3. The van der Waals surface area contributed by atoms with Gasteiger partial charge in [-0.1, -0.05) is 24.3 Å². The van der Waals surface area contributed by atoms with Gasteiger partial charge in [0.25, 0.3) is 15.9 Å². The molecule has 9 nitrogen and oxygen atoms in total. The first-order valence-electron chi connectivity index (χ1n) is 17.3. The molecule has 0 bridgehead atoms. The third-order valence-electron chi connectivity index (χ3n) is 6.27. The molecule has 5 rings (SSSR count). The van der Waals surface area contributed by atoms with E-state index in [-0.39, 0.29) is 38.4 Å². The molecule has 214 valence electrons. The van der Waals surface area contributed by atoms with Crippen molar-refractivity contribution in [1.29, 1.82) is 0 Å². The summed E-state index contributed by atoms with van der Waals surface area (Å²) in [5.41, 5.74) is 0.881. The molecule has 2 amide bonds. The van der Waals surface area contributed by atoms with Crippen LogP contribution in [-0.2, 0) is 28.2 Å². The zero-order valence-electron chi connectivity index (χ0n) is 32.2. The Labute approximate surface area is 253 Å². The van der Waals surface area contributed by atoms with Crippen LogP contribution < -0.4 is 14.8 Å². The molecule has 1 heterocycles. The number of carbonyl (C=O) groups is 2. The monoisotopic (exact) mass is 585 g/mol. The van der Waals surface area contributed by atoms with Gasteiger partial charge in [0, 0.05) is 55.5 Å². The first-order valence-corrected chi connectivity index (χ1v) is 13.8. The third kappa shape index (κ3) is 6.22. The Kier molecular flexibility index (Phi) is 5.17. The number of anilines is 1. The molecule has 2 N–H and O–H groups in total. The molecule has 1 fully saturated rings. The standard InChI is InChI=1S/C31H33N3O6S/c1-20-8-4-7-11-29(20)41(37,38)33-30(35)22-13-12-21(28(17-22)39-3)16-23-19-34(2)27-15-14-24(18-26(23)27)32-31(36)40-25-9-5-6-10-25/h4,7-8,11-15,17-19,25H,5-6,9-10,16H2,1-3H3,(H,32,36)(H,33,35)/i5D2,6D2,9D2,10D2,16D2. The van der Waals surface area contributed by atoms with Crippen molar-refractivity contribution in [2.75, 3.05) is 12.4 Å². The summed E-state index contributed by atoms with van der Waals surface area (Å²) in [5.74, 6) is -1.04. The summed E-state index contributed by atoms with van der Waals surface area (Å²) in [4.78, 5) is 25.8. The molecule has 0 spiro atoms. The van der Waals surface area contributed by atoms with E-state index in [0.29, 0.717) is 11.1 Å². The van der Waals surface area contributed by atoms with Gasteiger partial charge < -0.3 is 14.0 Å². The van der Waals surface area contributed by atoms with Gasteiger partial charge in [-0.2, -0.15) is 0 Å². The number of sulfonamides is 1. The number of ether oxygens (including phenoxy) is 2. The van der Waals surface area contributed by atoms with Crippen molar-refractivity contribution in [3.05, 3.63) is 89.1 Å². The van der Waals surface area contributed by atoms with Crippen molar-refractivity contribution >= 4 is 38.6 Å². The second-order valence-electron chi connectivity index (χ2n) is 9.07. The van der Waals surface area contributed by atoms with E-state index in [9.17, 15) is 18.0 Å². The minimum atomic E-state index is -4.23. The first-order chi connectivity index (χ1) is 23.4. The normalized spacial score (nSPS) is 22.6. The Morgan fingerprint density at radius 1 is 1.07 bits per heavy atom. The summed E-state index contributed by atoms with van der Waals surface area (Å²) in [5, 5.41) is 2.59. The Hall–Kier alpha value is -4.31. The van der Waals surface area contributed by atoms with Crippen molar-refractivity contribution < 1.29 is 41.2 Å². The molecular weight excluding hydrogens is 542 g/mol. The predicted molar refractivity (Wildman–Crippen MR) is 157 cm³/mol. The quantitative estimate of drug-likeness (QED) is 0.274. The van der Waals surface area contributed by atoms with E-state index in [1.54, 1.807) is 30.7 Å². The lowest BCUT2D eigenvalue weighted by molar-refractivity contribution is 0.0980. The molecule has 0 aliphatic heterocycles. The van der Waals surface area contributed by atoms with Crippen LogP contribution in [0, 0.1) is 6.92 Å². The van der Waals surface area contributed by atoms with Gasteiger partial charge in [0.1, 0.15) is 11.9 Å². The lowest BCUT2D eigenvalue weighted by atomic mass is 10.0. The van der Waals surface area contributed by atoms with Crippen LogP contribution in [0.2, 0.25) is 0 Å². The molecule has 4 aromatic rings. The van der Waals surface area contributed by atoms with Crippen LogP contribution in [0.25, 0.3) is 10.9 Å². The molecular formula is C31H33N3O6S. The number of aryl methyl sites for hydroxylation is 2. The number of aromatic nitrogens is 1. The number of amides is 2. The molecule has 1 aromatic heterocycles. The van der Waals surface area contributed by atoms with Crippen molar-refractivity contribution in [2.24, 2.45) is 7.05 Å². The van der Waals surface area contributed by atoms with Crippen molar-refractivity contribution in [3.63, 3.8) is 0 Å². The second-order valence-corrected chi connectivity index (χ2v) is 10.7. The van der Waals surface area contributed by atoms with Crippen LogP contribution >= 0.6 is 0 Å². The Morgan fingerprint density at radius 3 is 2.56 bits per heavy atom. The first kappa shape index (κ1) is 18.2. The lowest BCUT2D eigenvalue weighted by Crippen LogP contribution is -2.31.